The average molecular weight is 478 g/mol. The highest BCUT2D eigenvalue weighted by molar-refractivity contribution is 5.98. The van der Waals surface area contributed by atoms with Gasteiger partial charge in [0.1, 0.15) is 0 Å². The Kier molecular flexibility index (Phi) is 8.14. The van der Waals surface area contributed by atoms with Gasteiger partial charge in [-0.2, -0.15) is 13.2 Å². The minimum absolute atomic E-state index is 0.137. The second kappa shape index (κ2) is 11.0. The molecule has 0 saturated carbocycles. The van der Waals surface area contributed by atoms with Crippen molar-refractivity contribution in [2.45, 2.75) is 32.0 Å². The van der Waals surface area contributed by atoms with Gasteiger partial charge in [0.25, 0.3) is 5.91 Å². The van der Waals surface area contributed by atoms with Crippen molar-refractivity contribution in [1.29, 1.82) is 0 Å². The lowest BCUT2D eigenvalue weighted by molar-refractivity contribution is -0.137. The highest BCUT2D eigenvalue weighted by Crippen LogP contribution is 2.32. The summed E-state index contributed by atoms with van der Waals surface area (Å²) in [5.41, 5.74) is 0.158. The number of likely N-dealkylation sites (tertiary alicyclic amines) is 1. The number of piperidine rings is 1. The quantitative estimate of drug-likeness (QED) is 0.627. The Balaban J connectivity index is 1.55. The zero-order chi connectivity index (χ0) is 24.7. The van der Waals surface area contributed by atoms with E-state index >= 15 is 0 Å². The van der Waals surface area contributed by atoms with E-state index in [1.54, 1.807) is 30.0 Å². The van der Waals surface area contributed by atoms with Gasteiger partial charge < -0.3 is 19.7 Å². The lowest BCUT2D eigenvalue weighted by Crippen LogP contribution is -2.47. The Labute approximate surface area is 194 Å². The maximum absolute atomic E-state index is 12.8. The molecule has 2 aromatic carbocycles. The molecule has 0 unspecified atom stereocenters. The Morgan fingerprint density at radius 3 is 2.26 bits per heavy atom. The fourth-order valence-electron chi connectivity index (χ4n) is 3.65. The van der Waals surface area contributed by atoms with E-state index in [-0.39, 0.29) is 17.7 Å². The monoisotopic (exact) mass is 478 g/mol. The molecule has 0 aromatic heterocycles. The van der Waals surface area contributed by atoms with Crippen LogP contribution in [0.3, 0.4) is 0 Å². The van der Waals surface area contributed by atoms with Crippen molar-refractivity contribution in [2.24, 2.45) is 0 Å². The number of amides is 2. The summed E-state index contributed by atoms with van der Waals surface area (Å²) in [6, 6.07) is 10.6. The smallest absolute Gasteiger partial charge is 0.416 e. The zero-order valence-electron chi connectivity index (χ0n) is 18.6. The molecule has 2 aromatic rings. The number of carbonyl (C=O) groups is 3. The standard InChI is InChI=1S/C24H25F3N2O5/c1-2-33-23(32)29-13-11-18(12-14-29)28-21(30)15-34-22(31)20-6-4-3-5-19(20)16-7-9-17(10-8-16)24(25,26)27/h3-10,18H,2,11-15H2,1H3,(H,28,30). The van der Waals surface area contributed by atoms with Crippen molar-refractivity contribution in [2.75, 3.05) is 26.3 Å². The summed E-state index contributed by atoms with van der Waals surface area (Å²) in [6.07, 6.45) is -3.74. The normalized spacial score (nSPS) is 14.4. The van der Waals surface area contributed by atoms with Crippen molar-refractivity contribution in [3.63, 3.8) is 0 Å². The number of nitrogens with one attached hydrogen (secondary N) is 1. The van der Waals surface area contributed by atoms with Gasteiger partial charge in [-0.25, -0.2) is 9.59 Å². The van der Waals surface area contributed by atoms with E-state index in [0.717, 1.165) is 12.1 Å². The van der Waals surface area contributed by atoms with Crippen molar-refractivity contribution >= 4 is 18.0 Å². The molecule has 7 nitrogen and oxygen atoms in total. The molecule has 0 bridgehead atoms. The Morgan fingerprint density at radius 2 is 1.65 bits per heavy atom. The topological polar surface area (TPSA) is 84.9 Å². The van der Waals surface area contributed by atoms with Crippen LogP contribution in [0.15, 0.2) is 48.5 Å². The van der Waals surface area contributed by atoms with E-state index < -0.39 is 30.2 Å². The molecule has 0 aliphatic carbocycles. The Morgan fingerprint density at radius 1 is 1.00 bits per heavy atom. The van der Waals surface area contributed by atoms with Crippen LogP contribution >= 0.6 is 0 Å². The maximum atomic E-state index is 12.8. The van der Waals surface area contributed by atoms with Crippen LogP contribution < -0.4 is 5.32 Å². The fraction of sp³-hybridized carbons (Fsp3) is 0.375. The third kappa shape index (κ3) is 6.49. The molecule has 1 fully saturated rings. The summed E-state index contributed by atoms with van der Waals surface area (Å²) >= 11 is 0. The minimum atomic E-state index is -4.46. The number of hydrogen-bond acceptors (Lipinski definition) is 5. The first-order chi connectivity index (χ1) is 16.2. The van der Waals surface area contributed by atoms with Crippen molar-refractivity contribution in [1.82, 2.24) is 10.2 Å². The minimum Gasteiger partial charge on any atom is -0.452 e. The molecule has 10 heteroatoms. The largest absolute Gasteiger partial charge is 0.452 e. The van der Waals surface area contributed by atoms with Crippen LogP contribution in [-0.2, 0) is 20.4 Å². The maximum Gasteiger partial charge on any atom is 0.416 e. The molecule has 1 saturated heterocycles. The van der Waals surface area contributed by atoms with E-state index in [1.165, 1.54) is 18.2 Å². The lowest BCUT2D eigenvalue weighted by Gasteiger charge is -2.31. The van der Waals surface area contributed by atoms with Crippen LogP contribution in [0.25, 0.3) is 11.1 Å². The summed E-state index contributed by atoms with van der Waals surface area (Å²) in [5, 5.41) is 2.78. The van der Waals surface area contributed by atoms with E-state index in [2.05, 4.69) is 5.32 Å². The summed E-state index contributed by atoms with van der Waals surface area (Å²) in [5.74, 6) is -1.24. The number of esters is 1. The Bertz CT molecular complexity index is 1020. The molecule has 1 N–H and O–H groups in total. The molecule has 34 heavy (non-hydrogen) atoms. The molecule has 2 amide bonds. The molecule has 182 valence electrons. The predicted molar refractivity (Wildman–Crippen MR) is 117 cm³/mol. The molecule has 3 rings (SSSR count). The third-order valence-electron chi connectivity index (χ3n) is 5.39. The summed E-state index contributed by atoms with van der Waals surface area (Å²) in [4.78, 5) is 38.2. The molecular weight excluding hydrogens is 453 g/mol. The van der Waals surface area contributed by atoms with Crippen molar-refractivity contribution in [3.05, 3.63) is 59.7 Å². The molecule has 0 radical (unpaired) electrons. The van der Waals surface area contributed by atoms with Crippen LogP contribution in [0.5, 0.6) is 0 Å². The van der Waals surface area contributed by atoms with Crippen molar-refractivity contribution in [3.8, 4) is 11.1 Å². The number of ether oxygens (including phenoxy) is 2. The van der Waals surface area contributed by atoms with Gasteiger partial charge in [-0.1, -0.05) is 30.3 Å². The number of nitrogens with zero attached hydrogens (tertiary/aromatic N) is 1. The van der Waals surface area contributed by atoms with Gasteiger partial charge >= 0.3 is 18.2 Å². The average Bonchev–Trinajstić information content (AvgIpc) is 2.82. The second-order valence-electron chi connectivity index (χ2n) is 7.72. The molecule has 0 atom stereocenters. The van der Waals surface area contributed by atoms with Crippen LogP contribution in [-0.4, -0.2) is 55.2 Å². The molecule has 0 spiro atoms. The van der Waals surface area contributed by atoms with Crippen LogP contribution in [0.2, 0.25) is 0 Å². The second-order valence-corrected chi connectivity index (χ2v) is 7.72. The van der Waals surface area contributed by atoms with Gasteiger partial charge in [0.05, 0.1) is 17.7 Å². The number of carbonyl (C=O) groups excluding carboxylic acids is 3. The summed E-state index contributed by atoms with van der Waals surface area (Å²) in [7, 11) is 0. The number of rotatable bonds is 6. The number of hydrogen-bond donors (Lipinski definition) is 1. The van der Waals surface area contributed by atoms with E-state index in [9.17, 15) is 27.6 Å². The molecule has 1 aliphatic rings. The molecule has 1 aliphatic heterocycles. The SMILES string of the molecule is CCOC(=O)N1CCC(NC(=O)COC(=O)c2ccccc2-c2ccc(C(F)(F)F)cc2)CC1. The molecule has 1 heterocycles. The van der Waals surface area contributed by atoms with Gasteiger partial charge in [-0.15, -0.1) is 0 Å². The van der Waals surface area contributed by atoms with Gasteiger partial charge in [0, 0.05) is 19.1 Å². The molecular formula is C24H25F3N2O5. The predicted octanol–water partition coefficient (Wildman–Crippen LogP) is 4.27. The fourth-order valence-corrected chi connectivity index (χ4v) is 3.65. The third-order valence-corrected chi connectivity index (χ3v) is 5.39. The van der Waals surface area contributed by atoms with E-state index in [4.69, 9.17) is 9.47 Å². The van der Waals surface area contributed by atoms with Gasteiger partial charge in [-0.05, 0) is 49.1 Å². The first kappa shape index (κ1) is 25.1. The number of halogens is 3. The van der Waals surface area contributed by atoms with Crippen LogP contribution in [0.1, 0.15) is 35.7 Å². The first-order valence-electron chi connectivity index (χ1n) is 10.8. The Hall–Kier alpha value is -3.56. The van der Waals surface area contributed by atoms with Gasteiger partial charge in [0.15, 0.2) is 6.61 Å². The summed E-state index contributed by atoms with van der Waals surface area (Å²) < 4.78 is 48.6. The van der Waals surface area contributed by atoms with Crippen molar-refractivity contribution < 1.29 is 37.0 Å². The van der Waals surface area contributed by atoms with Gasteiger partial charge in [-0.3, -0.25) is 4.79 Å². The van der Waals surface area contributed by atoms with Crippen LogP contribution in [0.4, 0.5) is 18.0 Å². The zero-order valence-corrected chi connectivity index (χ0v) is 18.6. The highest BCUT2D eigenvalue weighted by atomic mass is 19.4. The summed E-state index contributed by atoms with van der Waals surface area (Å²) in [6.45, 7) is 2.42. The highest BCUT2D eigenvalue weighted by Gasteiger charge is 2.30. The number of benzene rings is 2. The van der Waals surface area contributed by atoms with E-state index in [1.807, 2.05) is 0 Å². The van der Waals surface area contributed by atoms with Gasteiger partial charge in [0.2, 0.25) is 0 Å². The first-order valence-corrected chi connectivity index (χ1v) is 10.8. The van der Waals surface area contributed by atoms with E-state index in [0.29, 0.717) is 43.7 Å². The van der Waals surface area contributed by atoms with Crippen LogP contribution in [0, 0.1) is 0 Å². The number of alkyl halides is 3. The lowest BCUT2D eigenvalue weighted by atomic mass is 9.98.